The van der Waals surface area contributed by atoms with Gasteiger partial charge in [-0.25, -0.2) is 0 Å². The van der Waals surface area contributed by atoms with Crippen LogP contribution in [0.2, 0.25) is 10.3 Å². The molecule has 0 spiro atoms. The van der Waals surface area contributed by atoms with Crippen LogP contribution in [0.1, 0.15) is 15.9 Å². The first-order valence-electron chi connectivity index (χ1n) is 5.66. The topological polar surface area (TPSA) is 46.1 Å². The summed E-state index contributed by atoms with van der Waals surface area (Å²) >= 11 is 15.0. The molecule has 0 radical (unpaired) electrons. The lowest BCUT2D eigenvalue weighted by molar-refractivity contribution is 0.0784. The molecule has 0 bridgehead atoms. The Bertz CT molecular complexity index is 651. The molecule has 2 rings (SSSR count). The Hall–Kier alpha value is -1.17. The number of halogens is 3. The zero-order chi connectivity index (χ0) is 14.7. The van der Waals surface area contributed by atoms with Crippen molar-refractivity contribution in [2.75, 3.05) is 7.05 Å². The van der Waals surface area contributed by atoms with Gasteiger partial charge in [0.25, 0.3) is 5.91 Å². The van der Waals surface area contributed by atoms with Crippen molar-refractivity contribution in [2.24, 2.45) is 0 Å². The average molecular weight is 375 g/mol. The van der Waals surface area contributed by atoms with Gasteiger partial charge in [0.15, 0.2) is 10.3 Å². The van der Waals surface area contributed by atoms with Crippen LogP contribution in [0, 0.1) is 0 Å². The van der Waals surface area contributed by atoms with E-state index in [0.717, 1.165) is 10.0 Å². The summed E-state index contributed by atoms with van der Waals surface area (Å²) < 4.78 is 0.961. The summed E-state index contributed by atoms with van der Waals surface area (Å²) in [5.41, 5.74) is 1.24. The molecule has 1 aromatic carbocycles. The van der Waals surface area contributed by atoms with E-state index < -0.39 is 0 Å². The second-order valence-electron chi connectivity index (χ2n) is 4.16. The highest BCUT2D eigenvalue weighted by Crippen LogP contribution is 2.19. The lowest BCUT2D eigenvalue weighted by Crippen LogP contribution is -2.26. The molecule has 0 aliphatic rings. The molecule has 7 heteroatoms. The Morgan fingerprint density at radius 2 is 2.05 bits per heavy atom. The minimum absolute atomic E-state index is 0.0421. The van der Waals surface area contributed by atoms with Gasteiger partial charge in [-0.1, -0.05) is 51.3 Å². The zero-order valence-electron chi connectivity index (χ0n) is 10.5. The first-order chi connectivity index (χ1) is 9.47. The van der Waals surface area contributed by atoms with E-state index in [2.05, 4.69) is 26.1 Å². The molecule has 0 aliphatic heterocycles. The third-order valence-electron chi connectivity index (χ3n) is 2.60. The summed E-state index contributed by atoms with van der Waals surface area (Å²) in [6, 6.07) is 9.14. The number of nitrogens with zero attached hydrogens (tertiary/aromatic N) is 3. The van der Waals surface area contributed by atoms with Crippen LogP contribution in [-0.2, 0) is 6.54 Å². The molecule has 4 nitrogen and oxygen atoms in total. The number of aromatic nitrogens is 2. The first-order valence-corrected chi connectivity index (χ1v) is 7.21. The van der Waals surface area contributed by atoms with Crippen molar-refractivity contribution >= 4 is 45.0 Å². The molecule has 104 valence electrons. The Kier molecular flexibility index (Phi) is 4.96. The van der Waals surface area contributed by atoms with E-state index in [1.165, 1.54) is 6.07 Å². The van der Waals surface area contributed by atoms with Gasteiger partial charge >= 0.3 is 0 Å². The number of carbonyl (C=O) groups excluding carboxylic acids is 1. The Morgan fingerprint density at radius 3 is 2.75 bits per heavy atom. The maximum absolute atomic E-state index is 12.3. The monoisotopic (exact) mass is 373 g/mol. The van der Waals surface area contributed by atoms with Crippen molar-refractivity contribution in [3.63, 3.8) is 0 Å². The van der Waals surface area contributed by atoms with Crippen LogP contribution in [0.15, 0.2) is 34.8 Å². The molecule has 0 N–H and O–H groups in total. The third-order valence-corrected chi connectivity index (χ3v) is 3.56. The van der Waals surface area contributed by atoms with E-state index in [4.69, 9.17) is 23.2 Å². The number of rotatable bonds is 3. The normalized spacial score (nSPS) is 10.4. The van der Waals surface area contributed by atoms with Crippen molar-refractivity contribution in [2.45, 2.75) is 6.54 Å². The summed E-state index contributed by atoms with van der Waals surface area (Å²) in [5.74, 6) is -0.258. The van der Waals surface area contributed by atoms with E-state index in [-0.39, 0.29) is 21.8 Å². The van der Waals surface area contributed by atoms with Gasteiger partial charge in [0.1, 0.15) is 0 Å². The molecule has 2 aromatic rings. The average Bonchev–Trinajstić information content (AvgIpc) is 2.40. The van der Waals surface area contributed by atoms with Crippen molar-refractivity contribution in [1.82, 2.24) is 15.1 Å². The van der Waals surface area contributed by atoms with Gasteiger partial charge in [-0.3, -0.25) is 4.79 Å². The number of benzene rings is 1. The van der Waals surface area contributed by atoms with E-state index in [1.807, 2.05) is 24.3 Å². The van der Waals surface area contributed by atoms with E-state index in [0.29, 0.717) is 6.54 Å². The number of amides is 1. The minimum Gasteiger partial charge on any atom is -0.337 e. The number of hydrogen-bond donors (Lipinski definition) is 0. The highest BCUT2D eigenvalue weighted by atomic mass is 79.9. The van der Waals surface area contributed by atoms with Gasteiger partial charge < -0.3 is 4.90 Å². The standard InChI is InChI=1S/C13H10BrCl2N3O/c1-19(7-8-3-2-4-9(14)5-8)13(20)10-6-11(15)17-18-12(10)16/h2-6H,7H2,1H3. The van der Waals surface area contributed by atoms with Crippen LogP contribution < -0.4 is 0 Å². The zero-order valence-corrected chi connectivity index (χ0v) is 13.6. The molecular weight excluding hydrogens is 365 g/mol. The van der Waals surface area contributed by atoms with Crippen LogP contribution in [0.25, 0.3) is 0 Å². The van der Waals surface area contributed by atoms with E-state index >= 15 is 0 Å². The van der Waals surface area contributed by atoms with Crippen molar-refractivity contribution in [3.05, 3.63) is 56.2 Å². The minimum atomic E-state index is -0.258. The number of hydrogen-bond acceptors (Lipinski definition) is 3. The molecule has 0 unspecified atom stereocenters. The fraction of sp³-hybridized carbons (Fsp3) is 0.154. The van der Waals surface area contributed by atoms with Crippen LogP contribution in [0.5, 0.6) is 0 Å². The molecule has 1 aromatic heterocycles. The van der Waals surface area contributed by atoms with Crippen molar-refractivity contribution in [1.29, 1.82) is 0 Å². The maximum Gasteiger partial charge on any atom is 0.257 e. The first kappa shape index (κ1) is 15.2. The van der Waals surface area contributed by atoms with Crippen LogP contribution >= 0.6 is 39.1 Å². The molecule has 0 aliphatic carbocycles. The summed E-state index contributed by atoms with van der Waals surface area (Å²) in [7, 11) is 1.69. The summed E-state index contributed by atoms with van der Waals surface area (Å²) in [6.07, 6.45) is 0. The largest absolute Gasteiger partial charge is 0.337 e. The molecule has 20 heavy (non-hydrogen) atoms. The van der Waals surface area contributed by atoms with Gasteiger partial charge in [-0.2, -0.15) is 0 Å². The van der Waals surface area contributed by atoms with Crippen LogP contribution in [-0.4, -0.2) is 28.1 Å². The molecular formula is C13H10BrCl2N3O. The highest BCUT2D eigenvalue weighted by molar-refractivity contribution is 9.10. The smallest absolute Gasteiger partial charge is 0.257 e. The van der Waals surface area contributed by atoms with Crippen molar-refractivity contribution in [3.8, 4) is 0 Å². The third kappa shape index (κ3) is 3.69. The van der Waals surface area contributed by atoms with Gasteiger partial charge in [0.2, 0.25) is 0 Å². The number of carbonyl (C=O) groups is 1. The molecule has 0 saturated carbocycles. The highest BCUT2D eigenvalue weighted by Gasteiger charge is 2.17. The summed E-state index contributed by atoms with van der Waals surface area (Å²) in [6.45, 7) is 0.453. The fourth-order valence-electron chi connectivity index (χ4n) is 1.69. The fourth-order valence-corrected chi connectivity index (χ4v) is 2.46. The second-order valence-corrected chi connectivity index (χ2v) is 5.82. The van der Waals surface area contributed by atoms with E-state index in [9.17, 15) is 4.79 Å². The predicted molar refractivity (Wildman–Crippen MR) is 82.0 cm³/mol. The molecule has 1 amide bonds. The van der Waals surface area contributed by atoms with E-state index in [1.54, 1.807) is 11.9 Å². The van der Waals surface area contributed by atoms with Crippen LogP contribution in [0.3, 0.4) is 0 Å². The lowest BCUT2D eigenvalue weighted by atomic mass is 10.2. The second kappa shape index (κ2) is 6.52. The van der Waals surface area contributed by atoms with Crippen molar-refractivity contribution < 1.29 is 4.79 Å². The Labute approximate surface area is 134 Å². The lowest BCUT2D eigenvalue weighted by Gasteiger charge is -2.17. The van der Waals surface area contributed by atoms with Gasteiger partial charge in [0.05, 0.1) is 5.56 Å². The molecule has 0 atom stereocenters. The molecule has 0 fully saturated rings. The molecule has 1 heterocycles. The summed E-state index contributed by atoms with van der Waals surface area (Å²) in [4.78, 5) is 13.9. The maximum atomic E-state index is 12.3. The summed E-state index contributed by atoms with van der Waals surface area (Å²) in [5, 5.41) is 7.39. The Morgan fingerprint density at radius 1 is 1.30 bits per heavy atom. The molecule has 0 saturated heterocycles. The SMILES string of the molecule is CN(Cc1cccc(Br)c1)C(=O)c1cc(Cl)nnc1Cl. The Balaban J connectivity index is 2.18. The van der Waals surface area contributed by atoms with Gasteiger partial charge in [0, 0.05) is 18.1 Å². The van der Waals surface area contributed by atoms with Gasteiger partial charge in [-0.15, -0.1) is 10.2 Å². The quantitative estimate of drug-likeness (QED) is 0.820. The van der Waals surface area contributed by atoms with Gasteiger partial charge in [-0.05, 0) is 23.8 Å². The predicted octanol–water partition coefficient (Wildman–Crippen LogP) is 3.82. The van der Waals surface area contributed by atoms with Crippen LogP contribution in [0.4, 0.5) is 0 Å².